The molecule has 22 valence electrons. The van der Waals surface area contributed by atoms with E-state index in [1.807, 2.05) is 0 Å². The third-order valence-electron chi connectivity index (χ3n) is 0. The van der Waals surface area contributed by atoms with Crippen LogP contribution in [-0.2, 0) is 21.7 Å². The topological polar surface area (TPSA) is 0 Å². The Morgan fingerprint density at radius 1 is 1.00 bits per heavy atom. The van der Waals surface area contributed by atoms with E-state index in [1.165, 1.54) is 0 Å². The quantitative estimate of drug-likeness (QED) is 0.336. The maximum atomic E-state index is 0. The summed E-state index contributed by atoms with van der Waals surface area (Å²) in [6, 6.07) is 0. The molecule has 0 aliphatic heterocycles. The molecule has 4 heteroatoms. The molecule has 0 N–H and O–H groups in total. The average Bonchev–Trinajstić information content (AvgIpc) is 0. The Labute approximate surface area is 108 Å². The summed E-state index contributed by atoms with van der Waals surface area (Å²) < 4.78 is 0. The Morgan fingerprint density at radius 2 is 1.00 bits per heavy atom. The van der Waals surface area contributed by atoms with Crippen LogP contribution in [0.5, 0.6) is 0 Å². The summed E-state index contributed by atoms with van der Waals surface area (Å²) in [4.78, 5) is 0. The van der Waals surface area contributed by atoms with E-state index in [9.17, 15) is 0 Å². The van der Waals surface area contributed by atoms with Crippen molar-refractivity contribution in [1.29, 1.82) is 0 Å². The maximum absolute atomic E-state index is 0. The van der Waals surface area contributed by atoms with Gasteiger partial charge in [0, 0.05) is 21.7 Å². The normalized spacial score (nSPS) is 0. The predicted octanol–water partition coefficient (Wildman–Crippen LogP) is -1.22. The minimum atomic E-state index is 0. The molecule has 0 saturated carbocycles. The van der Waals surface area contributed by atoms with E-state index in [0.717, 1.165) is 0 Å². The molecule has 0 rings (SSSR count). The molecule has 0 aromatic rings. The van der Waals surface area contributed by atoms with Crippen LogP contribution in [0.1, 0.15) is 0 Å². The molecule has 0 aliphatic rings. The molecule has 4 heavy (non-hydrogen) atoms. The van der Waals surface area contributed by atoms with Crippen molar-refractivity contribution in [3.8, 4) is 0 Å². The van der Waals surface area contributed by atoms with Crippen LogP contribution in [0.25, 0.3) is 0 Å². The predicted molar refractivity (Wildman–Crippen MR) is 32.5 cm³/mol. The molecule has 0 spiro atoms. The van der Waals surface area contributed by atoms with E-state index >= 15 is 0 Å². The fourth-order valence-corrected chi connectivity index (χ4v) is 0. The van der Waals surface area contributed by atoms with Gasteiger partial charge in [-0.1, -0.05) is 0 Å². The second kappa shape index (κ2) is 16.0. The van der Waals surface area contributed by atoms with Crippen molar-refractivity contribution >= 4 is 89.0 Å². The maximum Gasteiger partial charge on any atom is 0 e. The molecule has 0 aromatic heterocycles. The Hall–Kier alpha value is 3.63. The van der Waals surface area contributed by atoms with E-state index in [0.29, 0.717) is 0 Å². The van der Waals surface area contributed by atoms with Gasteiger partial charge in [0.1, 0.15) is 0 Å². The average molecular weight is 427 g/mol. The van der Waals surface area contributed by atoms with E-state index in [-0.39, 0.29) is 111 Å². The Balaban J connectivity index is 0. The molecule has 0 amide bonds. The van der Waals surface area contributed by atoms with Crippen LogP contribution in [0, 0.1) is 0 Å². The van der Waals surface area contributed by atoms with Gasteiger partial charge in [-0.15, -0.1) is 24.0 Å². The molecule has 0 bridgehead atoms. The van der Waals surface area contributed by atoms with Crippen molar-refractivity contribution in [3.63, 3.8) is 0 Å². The van der Waals surface area contributed by atoms with Crippen molar-refractivity contribution in [2.75, 3.05) is 0 Å². The molecular weight excluding hydrogens is 422 g/mol. The summed E-state index contributed by atoms with van der Waals surface area (Å²) in [6.45, 7) is 0. The van der Waals surface area contributed by atoms with Gasteiger partial charge in [-0.2, -0.15) is 0 Å². The van der Waals surface area contributed by atoms with E-state index < -0.39 is 0 Å². The first-order chi connectivity index (χ1) is 0. The van der Waals surface area contributed by atoms with Crippen LogP contribution in [0.2, 0.25) is 0 Å². The molecular formula is H5CaIPbTi. The standard InChI is InChI=1S/Ca.HI.Pb.Ti.4H/h;1H;;;;;;. The van der Waals surface area contributed by atoms with E-state index in [2.05, 4.69) is 0 Å². The first-order valence-corrected chi connectivity index (χ1v) is 0. The zero-order valence-corrected chi connectivity index (χ0v) is 11.0. The largest absolute Gasteiger partial charge is 0 e. The van der Waals surface area contributed by atoms with Gasteiger partial charge in [0.2, 0.25) is 0 Å². The van der Waals surface area contributed by atoms with Crippen LogP contribution in [-0.4, -0.2) is 65.0 Å². The van der Waals surface area contributed by atoms with Crippen LogP contribution >= 0.6 is 24.0 Å². The summed E-state index contributed by atoms with van der Waals surface area (Å²) in [5.41, 5.74) is 0. The summed E-state index contributed by atoms with van der Waals surface area (Å²) in [5.74, 6) is 0. The minimum absolute atomic E-state index is 0. The van der Waals surface area contributed by atoms with Gasteiger partial charge in [0.05, 0.1) is 0 Å². The van der Waals surface area contributed by atoms with Crippen molar-refractivity contribution < 1.29 is 21.7 Å². The molecule has 0 unspecified atom stereocenters. The molecule has 2 radical (unpaired) electrons. The second-order valence-electron chi connectivity index (χ2n) is 0. The van der Waals surface area contributed by atoms with Gasteiger partial charge in [0.15, 0.2) is 0 Å². The van der Waals surface area contributed by atoms with Crippen molar-refractivity contribution in [2.45, 2.75) is 0 Å². The fourth-order valence-electron chi connectivity index (χ4n) is 0. The van der Waals surface area contributed by atoms with E-state index in [4.69, 9.17) is 0 Å². The Bertz CT molecular complexity index is 8.00. The monoisotopic (exact) mass is 428 g/mol. The third-order valence-corrected chi connectivity index (χ3v) is 0. The van der Waals surface area contributed by atoms with Gasteiger partial charge >= 0.3 is 65.0 Å². The SMILES string of the molecule is I.[CaH2].[PbH2].[Ti]. The van der Waals surface area contributed by atoms with Crippen LogP contribution in [0.4, 0.5) is 0 Å². The molecule has 0 atom stereocenters. The molecule has 0 saturated heterocycles. The first-order valence-electron chi connectivity index (χ1n) is 0. The number of halogens is 1. The van der Waals surface area contributed by atoms with Gasteiger partial charge < -0.3 is 0 Å². The van der Waals surface area contributed by atoms with Crippen molar-refractivity contribution in [1.82, 2.24) is 0 Å². The summed E-state index contributed by atoms with van der Waals surface area (Å²) in [5, 5.41) is 0. The molecule has 0 aliphatic carbocycles. The smallest absolute Gasteiger partial charge is 0 e. The van der Waals surface area contributed by atoms with Gasteiger partial charge in [0.25, 0.3) is 0 Å². The van der Waals surface area contributed by atoms with Crippen LogP contribution in [0.3, 0.4) is 0 Å². The molecule has 0 heterocycles. The van der Waals surface area contributed by atoms with Crippen LogP contribution in [0.15, 0.2) is 0 Å². The summed E-state index contributed by atoms with van der Waals surface area (Å²) in [6.07, 6.45) is 0. The van der Waals surface area contributed by atoms with E-state index in [1.54, 1.807) is 0 Å². The number of hydrogen-bond donors (Lipinski definition) is 0. The minimum Gasteiger partial charge on any atom is 0 e. The van der Waals surface area contributed by atoms with Crippen molar-refractivity contribution in [2.24, 2.45) is 0 Å². The second-order valence-corrected chi connectivity index (χ2v) is 0. The third kappa shape index (κ3) is 9.16. The summed E-state index contributed by atoms with van der Waals surface area (Å²) in [7, 11) is 0. The zero-order valence-electron chi connectivity index (χ0n) is 1.62. The number of hydrogen-bond acceptors (Lipinski definition) is 0. The Morgan fingerprint density at radius 3 is 1.00 bits per heavy atom. The molecule has 0 nitrogen and oxygen atoms in total. The van der Waals surface area contributed by atoms with Crippen LogP contribution < -0.4 is 0 Å². The Kier molecular flexibility index (Phi) is 102. The number of rotatable bonds is 0. The first kappa shape index (κ1) is 25.5. The zero-order chi connectivity index (χ0) is 0. The summed E-state index contributed by atoms with van der Waals surface area (Å²) >= 11 is 0. The van der Waals surface area contributed by atoms with Gasteiger partial charge in [-0.3, -0.25) is 0 Å². The van der Waals surface area contributed by atoms with Gasteiger partial charge in [-0.05, 0) is 0 Å². The van der Waals surface area contributed by atoms with Crippen molar-refractivity contribution in [3.05, 3.63) is 0 Å². The molecule has 0 aromatic carbocycles. The molecule has 0 fully saturated rings. The fraction of sp³-hybridized carbons (Fsp3) is 0. The van der Waals surface area contributed by atoms with Gasteiger partial charge in [-0.25, -0.2) is 0 Å².